The Labute approximate surface area is 180 Å². The Kier molecular flexibility index (Phi) is 5.24. The van der Waals surface area contributed by atoms with Crippen molar-refractivity contribution in [1.82, 2.24) is 4.90 Å². The molecule has 0 unspecified atom stereocenters. The molecule has 1 aromatic heterocycles. The molecular formula is C25H25NO5. The van der Waals surface area contributed by atoms with Crippen LogP contribution in [0.15, 0.2) is 57.7 Å². The first-order valence-corrected chi connectivity index (χ1v) is 10.9. The average Bonchev–Trinajstić information content (AvgIpc) is 3.41. The van der Waals surface area contributed by atoms with Crippen LogP contribution in [0.5, 0.6) is 5.75 Å². The van der Waals surface area contributed by atoms with Crippen molar-refractivity contribution in [1.29, 1.82) is 0 Å². The molecule has 6 nitrogen and oxygen atoms in total. The number of fused-ring (bicyclic) bond motifs is 2. The molecule has 0 spiro atoms. The Morgan fingerprint density at radius 1 is 1.10 bits per heavy atom. The molecule has 160 valence electrons. The first kappa shape index (κ1) is 19.8. The lowest BCUT2D eigenvalue weighted by atomic mass is 9.98. The molecular weight excluding hydrogens is 394 g/mol. The largest absolute Gasteiger partial charge is 0.494 e. The molecule has 1 amide bonds. The van der Waals surface area contributed by atoms with Crippen LogP contribution in [0.3, 0.4) is 0 Å². The Morgan fingerprint density at radius 2 is 1.90 bits per heavy atom. The van der Waals surface area contributed by atoms with Gasteiger partial charge in [0.05, 0.1) is 29.7 Å². The second-order valence-corrected chi connectivity index (χ2v) is 8.08. The zero-order chi connectivity index (χ0) is 21.4. The summed E-state index contributed by atoms with van der Waals surface area (Å²) in [4.78, 5) is 28.6. The van der Waals surface area contributed by atoms with Gasteiger partial charge in [0.25, 0.3) is 5.91 Å². The summed E-state index contributed by atoms with van der Waals surface area (Å²) >= 11 is 0. The topological polar surface area (TPSA) is 69.0 Å². The molecule has 0 saturated carbocycles. The van der Waals surface area contributed by atoms with Gasteiger partial charge in [-0.15, -0.1) is 0 Å². The summed E-state index contributed by atoms with van der Waals surface area (Å²) in [6.07, 6.45) is 2.78. The third-order valence-corrected chi connectivity index (χ3v) is 5.97. The van der Waals surface area contributed by atoms with Gasteiger partial charge in [-0.25, -0.2) is 0 Å². The van der Waals surface area contributed by atoms with E-state index in [0.717, 1.165) is 30.6 Å². The van der Waals surface area contributed by atoms with Gasteiger partial charge < -0.3 is 18.8 Å². The third kappa shape index (κ3) is 3.51. The Hall–Kier alpha value is -3.12. The quantitative estimate of drug-likeness (QED) is 0.596. The van der Waals surface area contributed by atoms with Crippen LogP contribution in [-0.2, 0) is 4.74 Å². The van der Waals surface area contributed by atoms with Gasteiger partial charge in [0.15, 0.2) is 5.43 Å². The highest BCUT2D eigenvalue weighted by molar-refractivity contribution is 5.99. The fourth-order valence-corrected chi connectivity index (χ4v) is 4.48. The highest BCUT2D eigenvalue weighted by Crippen LogP contribution is 2.39. The molecule has 0 radical (unpaired) electrons. The van der Waals surface area contributed by atoms with E-state index in [1.807, 2.05) is 24.3 Å². The molecule has 31 heavy (non-hydrogen) atoms. The minimum atomic E-state index is -0.507. The number of carbonyl (C=O) groups is 1. The average molecular weight is 419 g/mol. The van der Waals surface area contributed by atoms with Gasteiger partial charge in [-0.2, -0.15) is 0 Å². The number of benzene rings is 2. The summed E-state index contributed by atoms with van der Waals surface area (Å²) in [6, 6.07) is 14.2. The van der Waals surface area contributed by atoms with Crippen LogP contribution in [0.25, 0.3) is 11.0 Å². The zero-order valence-electron chi connectivity index (χ0n) is 17.5. The van der Waals surface area contributed by atoms with E-state index in [2.05, 4.69) is 6.92 Å². The van der Waals surface area contributed by atoms with Gasteiger partial charge in [-0.3, -0.25) is 9.59 Å². The fourth-order valence-electron chi connectivity index (χ4n) is 4.48. The summed E-state index contributed by atoms with van der Waals surface area (Å²) in [5.74, 6) is 0.647. The maximum absolute atomic E-state index is 13.4. The molecule has 6 heteroatoms. The lowest BCUT2D eigenvalue weighted by Gasteiger charge is -2.27. The van der Waals surface area contributed by atoms with E-state index in [0.29, 0.717) is 36.3 Å². The fraction of sp³-hybridized carbons (Fsp3) is 0.360. The molecule has 0 bridgehead atoms. The van der Waals surface area contributed by atoms with Crippen molar-refractivity contribution >= 4 is 16.9 Å². The number of rotatable bonds is 6. The van der Waals surface area contributed by atoms with E-state index in [-0.39, 0.29) is 23.2 Å². The smallest absolute Gasteiger partial charge is 0.291 e. The number of carbonyl (C=O) groups excluding carboxylic acids is 1. The maximum Gasteiger partial charge on any atom is 0.291 e. The highest BCUT2D eigenvalue weighted by atomic mass is 16.5. The third-order valence-electron chi connectivity index (χ3n) is 5.97. The monoisotopic (exact) mass is 419 g/mol. The highest BCUT2D eigenvalue weighted by Gasteiger charge is 2.43. The summed E-state index contributed by atoms with van der Waals surface area (Å²) in [5, 5.41) is 0.487. The summed E-state index contributed by atoms with van der Waals surface area (Å²) in [6.45, 7) is 3.83. The van der Waals surface area contributed by atoms with Gasteiger partial charge in [-0.1, -0.05) is 31.2 Å². The number of amides is 1. The van der Waals surface area contributed by atoms with Crippen LogP contribution in [-0.4, -0.2) is 36.7 Å². The molecule has 0 N–H and O–H groups in total. The minimum Gasteiger partial charge on any atom is -0.494 e. The molecule has 2 aliphatic heterocycles. The van der Waals surface area contributed by atoms with Crippen LogP contribution in [0.4, 0.5) is 0 Å². The predicted molar refractivity (Wildman–Crippen MR) is 117 cm³/mol. The van der Waals surface area contributed by atoms with Gasteiger partial charge in [0.1, 0.15) is 11.3 Å². The van der Waals surface area contributed by atoms with Gasteiger partial charge in [-0.05, 0) is 49.1 Å². The number of hydrogen-bond donors (Lipinski definition) is 0. The lowest BCUT2D eigenvalue weighted by Crippen LogP contribution is -2.36. The molecule has 3 aromatic rings. The molecule has 5 rings (SSSR count). The molecule has 2 atom stereocenters. The standard InChI is InChI=1S/C25H25NO5/c1-2-13-29-17-11-9-16(10-12-17)22-21-23(27)19-7-3-4-8-20(19)31-24(21)25(28)26(22)15-18-6-5-14-30-18/h3-4,7-12,18,22H,2,5-6,13-15H2,1H3/t18-,22+/m0/s1. The normalized spacial score (nSPS) is 20.4. The van der Waals surface area contributed by atoms with E-state index in [9.17, 15) is 9.59 Å². The van der Waals surface area contributed by atoms with E-state index in [1.165, 1.54) is 0 Å². The second kappa shape index (κ2) is 8.19. The number of para-hydroxylation sites is 1. The first-order valence-electron chi connectivity index (χ1n) is 10.9. The van der Waals surface area contributed by atoms with Crippen molar-refractivity contribution in [3.05, 3.63) is 75.6 Å². The van der Waals surface area contributed by atoms with Crippen LogP contribution < -0.4 is 10.2 Å². The van der Waals surface area contributed by atoms with Crippen molar-refractivity contribution in [3.63, 3.8) is 0 Å². The number of ether oxygens (including phenoxy) is 2. The molecule has 2 aliphatic rings. The van der Waals surface area contributed by atoms with Crippen molar-refractivity contribution in [2.24, 2.45) is 0 Å². The SMILES string of the molecule is CCCOc1ccc([C@@H]2c3c(oc4ccccc4c3=O)C(=O)N2C[C@@H]2CCCO2)cc1. The minimum absolute atomic E-state index is 0.0301. The second-order valence-electron chi connectivity index (χ2n) is 8.08. The molecule has 2 aromatic carbocycles. The molecule has 1 fully saturated rings. The number of nitrogens with zero attached hydrogens (tertiary/aromatic N) is 1. The zero-order valence-corrected chi connectivity index (χ0v) is 17.5. The van der Waals surface area contributed by atoms with E-state index < -0.39 is 6.04 Å². The van der Waals surface area contributed by atoms with Crippen LogP contribution >= 0.6 is 0 Å². The summed E-state index contributed by atoms with van der Waals surface area (Å²) in [5.41, 5.74) is 1.54. The van der Waals surface area contributed by atoms with Crippen LogP contribution in [0.1, 0.15) is 53.9 Å². The summed E-state index contributed by atoms with van der Waals surface area (Å²) in [7, 11) is 0. The number of hydrogen-bond acceptors (Lipinski definition) is 5. The van der Waals surface area contributed by atoms with Gasteiger partial charge >= 0.3 is 0 Å². The van der Waals surface area contributed by atoms with Gasteiger partial charge in [0, 0.05) is 13.2 Å². The van der Waals surface area contributed by atoms with Crippen molar-refractivity contribution in [2.45, 2.75) is 38.3 Å². The van der Waals surface area contributed by atoms with Crippen molar-refractivity contribution in [3.8, 4) is 5.75 Å². The Morgan fingerprint density at radius 3 is 2.65 bits per heavy atom. The van der Waals surface area contributed by atoms with Crippen molar-refractivity contribution in [2.75, 3.05) is 19.8 Å². The van der Waals surface area contributed by atoms with E-state index >= 15 is 0 Å². The van der Waals surface area contributed by atoms with E-state index in [1.54, 1.807) is 29.2 Å². The predicted octanol–water partition coefficient (Wildman–Crippen LogP) is 4.31. The maximum atomic E-state index is 13.4. The molecule has 3 heterocycles. The van der Waals surface area contributed by atoms with Gasteiger partial charge in [0.2, 0.25) is 5.76 Å². The molecule has 0 aliphatic carbocycles. The Bertz CT molecular complexity index is 1160. The first-order chi connectivity index (χ1) is 15.2. The van der Waals surface area contributed by atoms with Crippen molar-refractivity contribution < 1.29 is 18.7 Å². The lowest BCUT2D eigenvalue weighted by molar-refractivity contribution is 0.0486. The molecule has 1 saturated heterocycles. The summed E-state index contributed by atoms with van der Waals surface area (Å²) < 4.78 is 17.5. The Balaban J connectivity index is 1.61. The van der Waals surface area contributed by atoms with Crippen LogP contribution in [0, 0.1) is 0 Å². The van der Waals surface area contributed by atoms with Crippen LogP contribution in [0.2, 0.25) is 0 Å². The van der Waals surface area contributed by atoms with E-state index in [4.69, 9.17) is 13.9 Å².